The highest BCUT2D eigenvalue weighted by molar-refractivity contribution is 5.47. The van der Waals surface area contributed by atoms with Crippen molar-refractivity contribution in [3.8, 4) is 11.8 Å². The molecule has 0 bridgehead atoms. The summed E-state index contributed by atoms with van der Waals surface area (Å²) in [5, 5.41) is 12.0. The Labute approximate surface area is 109 Å². The molecule has 1 fully saturated rings. The van der Waals surface area contributed by atoms with E-state index < -0.39 is 0 Å². The molecule has 18 heavy (non-hydrogen) atoms. The number of hydrogen-bond acceptors (Lipinski definition) is 3. The number of hydrogen-bond donors (Lipinski definition) is 1. The van der Waals surface area contributed by atoms with Crippen molar-refractivity contribution in [1.82, 2.24) is 0 Å². The molecular weight excluding hydrogens is 224 g/mol. The summed E-state index contributed by atoms with van der Waals surface area (Å²) in [6, 6.07) is 10.3. The van der Waals surface area contributed by atoms with E-state index in [1.807, 2.05) is 30.3 Å². The molecule has 1 N–H and O–H groups in total. The van der Waals surface area contributed by atoms with Crippen molar-refractivity contribution in [2.24, 2.45) is 5.41 Å². The van der Waals surface area contributed by atoms with Crippen LogP contribution >= 0.6 is 0 Å². The third-order valence-corrected chi connectivity index (χ3v) is 3.76. The highest BCUT2D eigenvalue weighted by Crippen LogP contribution is 2.39. The Morgan fingerprint density at radius 2 is 2.11 bits per heavy atom. The van der Waals surface area contributed by atoms with E-state index in [0.717, 1.165) is 11.4 Å². The van der Waals surface area contributed by atoms with Crippen LogP contribution in [0.2, 0.25) is 0 Å². The zero-order valence-corrected chi connectivity index (χ0v) is 11.1. The van der Waals surface area contributed by atoms with Crippen molar-refractivity contribution in [2.75, 3.05) is 11.9 Å². The van der Waals surface area contributed by atoms with Crippen LogP contribution in [-0.2, 0) is 0 Å². The van der Waals surface area contributed by atoms with Crippen LogP contribution in [0.4, 0.5) is 5.69 Å². The zero-order valence-electron chi connectivity index (χ0n) is 11.1. The molecule has 1 atom stereocenters. The van der Waals surface area contributed by atoms with E-state index >= 15 is 0 Å². The summed E-state index contributed by atoms with van der Waals surface area (Å²) in [6.45, 7) is 4.74. The lowest BCUT2D eigenvalue weighted by Gasteiger charge is -2.28. The molecule has 2 rings (SSSR count). The van der Waals surface area contributed by atoms with Gasteiger partial charge in [-0.2, -0.15) is 5.26 Å². The van der Waals surface area contributed by atoms with Gasteiger partial charge in [0.15, 0.2) is 6.61 Å². The monoisotopic (exact) mass is 244 g/mol. The van der Waals surface area contributed by atoms with E-state index in [2.05, 4.69) is 19.2 Å². The maximum absolute atomic E-state index is 8.44. The van der Waals surface area contributed by atoms with Gasteiger partial charge in [0.25, 0.3) is 0 Å². The minimum absolute atomic E-state index is 0.0996. The predicted molar refractivity (Wildman–Crippen MR) is 72.6 cm³/mol. The number of ether oxygens (including phenoxy) is 1. The molecule has 1 aliphatic carbocycles. The molecule has 1 aromatic rings. The molecule has 0 saturated heterocycles. The van der Waals surface area contributed by atoms with Crippen molar-refractivity contribution >= 4 is 5.69 Å². The van der Waals surface area contributed by atoms with Gasteiger partial charge in [0.2, 0.25) is 0 Å². The molecule has 0 aromatic heterocycles. The first-order valence-electron chi connectivity index (χ1n) is 6.48. The minimum Gasteiger partial charge on any atom is -0.479 e. The van der Waals surface area contributed by atoms with Gasteiger partial charge in [-0.15, -0.1) is 0 Å². The van der Waals surface area contributed by atoms with E-state index in [1.165, 1.54) is 19.3 Å². The highest BCUT2D eigenvalue weighted by atomic mass is 16.5. The van der Waals surface area contributed by atoms with Crippen LogP contribution in [0.1, 0.15) is 33.1 Å². The Morgan fingerprint density at radius 1 is 1.39 bits per heavy atom. The summed E-state index contributed by atoms with van der Waals surface area (Å²) >= 11 is 0. The van der Waals surface area contributed by atoms with Crippen LogP contribution in [0.5, 0.6) is 5.75 Å². The van der Waals surface area contributed by atoms with Crippen LogP contribution in [0.15, 0.2) is 24.3 Å². The quantitative estimate of drug-likeness (QED) is 0.880. The van der Waals surface area contributed by atoms with Gasteiger partial charge in [-0.05, 0) is 42.5 Å². The average molecular weight is 244 g/mol. The number of benzene rings is 1. The number of nitrogens with zero attached hydrogens (tertiary/aromatic N) is 1. The first-order valence-corrected chi connectivity index (χ1v) is 6.48. The minimum atomic E-state index is 0.0996. The van der Waals surface area contributed by atoms with Crippen molar-refractivity contribution < 1.29 is 4.74 Å². The first-order chi connectivity index (χ1) is 8.62. The summed E-state index contributed by atoms with van der Waals surface area (Å²) < 4.78 is 5.23. The first kappa shape index (κ1) is 12.8. The Balaban J connectivity index is 1.96. The van der Waals surface area contributed by atoms with Gasteiger partial charge in [0, 0.05) is 11.7 Å². The Morgan fingerprint density at radius 3 is 2.67 bits per heavy atom. The third kappa shape index (κ3) is 2.95. The topological polar surface area (TPSA) is 45.0 Å². The second-order valence-corrected chi connectivity index (χ2v) is 5.55. The molecule has 1 saturated carbocycles. The lowest BCUT2D eigenvalue weighted by molar-refractivity contribution is 0.350. The molecule has 1 aliphatic rings. The van der Waals surface area contributed by atoms with Crippen molar-refractivity contribution in [3.05, 3.63) is 24.3 Å². The lowest BCUT2D eigenvalue weighted by Crippen LogP contribution is -2.30. The van der Waals surface area contributed by atoms with Gasteiger partial charge in [-0.25, -0.2) is 0 Å². The van der Waals surface area contributed by atoms with Crippen LogP contribution in [0.25, 0.3) is 0 Å². The molecule has 0 spiro atoms. The maximum Gasteiger partial charge on any atom is 0.174 e. The van der Waals surface area contributed by atoms with Crippen molar-refractivity contribution in [1.29, 1.82) is 5.26 Å². The fraction of sp³-hybridized carbons (Fsp3) is 0.533. The maximum atomic E-state index is 8.44. The molecule has 0 heterocycles. The summed E-state index contributed by atoms with van der Waals surface area (Å²) in [4.78, 5) is 0. The molecule has 3 heteroatoms. The van der Waals surface area contributed by atoms with Crippen molar-refractivity contribution in [2.45, 2.75) is 39.2 Å². The van der Waals surface area contributed by atoms with E-state index in [0.29, 0.717) is 11.5 Å². The number of nitrogens with one attached hydrogen (secondary N) is 1. The SMILES string of the molecule is CC1(C)CCCC1Nc1ccc(OCC#N)cc1. The van der Waals surface area contributed by atoms with Gasteiger partial charge >= 0.3 is 0 Å². The van der Waals surface area contributed by atoms with Gasteiger partial charge in [0.05, 0.1) is 0 Å². The Hall–Kier alpha value is -1.69. The molecule has 3 nitrogen and oxygen atoms in total. The smallest absolute Gasteiger partial charge is 0.174 e. The van der Waals surface area contributed by atoms with Gasteiger partial charge in [-0.1, -0.05) is 20.3 Å². The normalized spacial score (nSPS) is 21.3. The van der Waals surface area contributed by atoms with Crippen LogP contribution in [0.3, 0.4) is 0 Å². The van der Waals surface area contributed by atoms with Crippen molar-refractivity contribution in [3.63, 3.8) is 0 Å². The van der Waals surface area contributed by atoms with E-state index in [9.17, 15) is 0 Å². The lowest BCUT2D eigenvalue weighted by atomic mass is 9.87. The second kappa shape index (κ2) is 5.30. The standard InChI is InChI=1S/C15H20N2O/c1-15(2)9-3-4-14(15)17-12-5-7-13(8-6-12)18-11-10-16/h5-8,14,17H,3-4,9,11H2,1-2H3. The summed E-state index contributed by atoms with van der Waals surface area (Å²) in [5.41, 5.74) is 1.50. The molecule has 96 valence electrons. The molecule has 0 amide bonds. The average Bonchev–Trinajstić information content (AvgIpc) is 2.68. The van der Waals surface area contributed by atoms with Gasteiger partial charge in [0.1, 0.15) is 11.8 Å². The van der Waals surface area contributed by atoms with Gasteiger partial charge < -0.3 is 10.1 Å². The number of rotatable bonds is 4. The number of anilines is 1. The number of nitriles is 1. The second-order valence-electron chi connectivity index (χ2n) is 5.55. The molecular formula is C15H20N2O. The molecule has 1 aromatic carbocycles. The predicted octanol–water partition coefficient (Wildman–Crippen LogP) is 3.58. The van der Waals surface area contributed by atoms with Crippen LogP contribution < -0.4 is 10.1 Å². The van der Waals surface area contributed by atoms with E-state index in [1.54, 1.807) is 0 Å². The third-order valence-electron chi connectivity index (χ3n) is 3.76. The van der Waals surface area contributed by atoms with E-state index in [-0.39, 0.29) is 6.61 Å². The largest absolute Gasteiger partial charge is 0.479 e. The fourth-order valence-corrected chi connectivity index (χ4v) is 2.56. The Kier molecular flexibility index (Phi) is 3.76. The highest BCUT2D eigenvalue weighted by Gasteiger charge is 2.34. The molecule has 1 unspecified atom stereocenters. The summed E-state index contributed by atoms with van der Waals surface area (Å²) in [7, 11) is 0. The van der Waals surface area contributed by atoms with Gasteiger partial charge in [-0.3, -0.25) is 0 Å². The fourth-order valence-electron chi connectivity index (χ4n) is 2.56. The van der Waals surface area contributed by atoms with Crippen LogP contribution in [-0.4, -0.2) is 12.6 Å². The summed E-state index contributed by atoms with van der Waals surface area (Å²) in [5.74, 6) is 0.743. The van der Waals surface area contributed by atoms with Crippen LogP contribution in [0, 0.1) is 16.7 Å². The molecule has 0 radical (unpaired) electrons. The summed E-state index contributed by atoms with van der Waals surface area (Å²) in [6.07, 6.45) is 3.82. The zero-order chi connectivity index (χ0) is 13.0. The Bertz CT molecular complexity index is 431. The molecule has 0 aliphatic heterocycles. The van der Waals surface area contributed by atoms with E-state index in [4.69, 9.17) is 10.00 Å².